The molecule has 0 bridgehead atoms. The molecule has 2 rings (SSSR count). The van der Waals surface area contributed by atoms with E-state index < -0.39 is 5.60 Å². The van der Waals surface area contributed by atoms with Gasteiger partial charge in [-0.25, -0.2) is 0 Å². The highest BCUT2D eigenvalue weighted by Crippen LogP contribution is 2.42. The molecule has 2 unspecified atom stereocenters. The van der Waals surface area contributed by atoms with Crippen LogP contribution in [-0.4, -0.2) is 5.11 Å². The third-order valence-electron chi connectivity index (χ3n) is 4.67. The topological polar surface area (TPSA) is 20.2 Å². The largest absolute Gasteiger partial charge is 0.385 e. The monoisotopic (exact) mass is 252 g/mol. The average molecular weight is 252 g/mol. The molecule has 0 amide bonds. The Balaban J connectivity index is 2.16. The lowest BCUT2D eigenvalue weighted by Gasteiger charge is -2.39. The maximum absolute atomic E-state index is 11.0. The summed E-state index contributed by atoms with van der Waals surface area (Å²) in [6.07, 6.45) is 7.49. The number of hydrogen-bond donors (Lipinski definition) is 1. The smallest absolute Gasteiger partial charge is 0.0929 e. The number of aliphatic hydroxyl groups is 1. The summed E-state index contributed by atoms with van der Waals surface area (Å²) in [7, 11) is 0. The molecule has 1 heterocycles. The zero-order chi connectivity index (χ0) is 12.3. The van der Waals surface area contributed by atoms with Crippen molar-refractivity contribution in [3.05, 3.63) is 22.4 Å². The molecule has 0 spiro atoms. The fourth-order valence-corrected chi connectivity index (χ4v) is 4.06. The van der Waals surface area contributed by atoms with Crippen molar-refractivity contribution in [2.45, 2.75) is 58.0 Å². The Labute approximate surface area is 109 Å². The van der Waals surface area contributed by atoms with Crippen molar-refractivity contribution in [3.8, 4) is 0 Å². The minimum Gasteiger partial charge on any atom is -0.385 e. The Kier molecular flexibility index (Phi) is 4.26. The van der Waals surface area contributed by atoms with E-state index in [1.807, 2.05) is 0 Å². The van der Waals surface area contributed by atoms with Crippen molar-refractivity contribution < 1.29 is 5.11 Å². The van der Waals surface area contributed by atoms with Gasteiger partial charge in [0, 0.05) is 0 Å². The van der Waals surface area contributed by atoms with Crippen LogP contribution in [0.5, 0.6) is 0 Å². The fraction of sp³-hybridized carbons (Fsp3) is 0.733. The molecule has 0 aromatic carbocycles. The van der Waals surface area contributed by atoms with Gasteiger partial charge in [-0.1, -0.05) is 46.0 Å². The van der Waals surface area contributed by atoms with Crippen LogP contribution < -0.4 is 0 Å². The van der Waals surface area contributed by atoms with Gasteiger partial charge in [0.2, 0.25) is 0 Å². The minimum absolute atomic E-state index is 0.377. The summed E-state index contributed by atoms with van der Waals surface area (Å²) in [6, 6.07) is 2.09. The van der Waals surface area contributed by atoms with Crippen LogP contribution in [-0.2, 0) is 5.60 Å². The second-order valence-corrected chi connectivity index (χ2v) is 6.26. The number of hydrogen-bond acceptors (Lipinski definition) is 2. The summed E-state index contributed by atoms with van der Waals surface area (Å²) in [6.45, 7) is 4.36. The lowest BCUT2D eigenvalue weighted by Crippen LogP contribution is -2.37. The van der Waals surface area contributed by atoms with Crippen LogP contribution in [0.1, 0.15) is 57.9 Å². The van der Waals surface area contributed by atoms with Gasteiger partial charge in [-0.15, -0.1) is 0 Å². The standard InChI is InChI=1S/C15H24OS/c1-3-15(16,14-9-10-17-11-14)12(2)13-7-5-4-6-8-13/h9-13,16H,3-8H2,1-2H3. The predicted molar refractivity (Wildman–Crippen MR) is 74.2 cm³/mol. The van der Waals surface area contributed by atoms with Gasteiger partial charge in [-0.05, 0) is 40.6 Å². The molecule has 96 valence electrons. The molecule has 1 fully saturated rings. The maximum atomic E-state index is 11.0. The van der Waals surface area contributed by atoms with E-state index in [1.54, 1.807) is 11.3 Å². The lowest BCUT2D eigenvalue weighted by molar-refractivity contribution is -0.0503. The zero-order valence-corrected chi connectivity index (χ0v) is 11.8. The van der Waals surface area contributed by atoms with E-state index in [4.69, 9.17) is 0 Å². The van der Waals surface area contributed by atoms with Gasteiger partial charge in [0.05, 0.1) is 5.60 Å². The van der Waals surface area contributed by atoms with Crippen LogP contribution in [0, 0.1) is 11.8 Å². The number of rotatable bonds is 4. The van der Waals surface area contributed by atoms with Crippen LogP contribution in [0.15, 0.2) is 16.8 Å². The van der Waals surface area contributed by atoms with Crippen molar-refractivity contribution in [2.75, 3.05) is 0 Å². The predicted octanol–water partition coefficient (Wildman–Crippen LogP) is 4.56. The lowest BCUT2D eigenvalue weighted by atomic mass is 9.70. The van der Waals surface area contributed by atoms with Crippen LogP contribution in [0.2, 0.25) is 0 Å². The summed E-state index contributed by atoms with van der Waals surface area (Å²) in [4.78, 5) is 0. The highest BCUT2D eigenvalue weighted by atomic mass is 32.1. The van der Waals surface area contributed by atoms with Gasteiger partial charge >= 0.3 is 0 Å². The van der Waals surface area contributed by atoms with Crippen molar-refractivity contribution in [3.63, 3.8) is 0 Å². The normalized spacial score (nSPS) is 23.2. The molecule has 0 radical (unpaired) electrons. The molecule has 1 aromatic rings. The Morgan fingerprint density at radius 2 is 2.12 bits per heavy atom. The molecule has 1 saturated carbocycles. The van der Waals surface area contributed by atoms with Crippen molar-refractivity contribution in [2.24, 2.45) is 11.8 Å². The summed E-state index contributed by atoms with van der Waals surface area (Å²) < 4.78 is 0. The average Bonchev–Trinajstić information content (AvgIpc) is 2.92. The van der Waals surface area contributed by atoms with E-state index in [1.165, 1.54) is 32.1 Å². The molecule has 1 N–H and O–H groups in total. The number of thiophene rings is 1. The van der Waals surface area contributed by atoms with Crippen molar-refractivity contribution >= 4 is 11.3 Å². The third kappa shape index (κ3) is 2.58. The molecular formula is C15H24OS. The van der Waals surface area contributed by atoms with Crippen LogP contribution in [0.4, 0.5) is 0 Å². The quantitative estimate of drug-likeness (QED) is 0.832. The summed E-state index contributed by atoms with van der Waals surface area (Å²) >= 11 is 1.69. The highest BCUT2D eigenvalue weighted by molar-refractivity contribution is 7.08. The molecule has 0 saturated heterocycles. The van der Waals surface area contributed by atoms with Crippen molar-refractivity contribution in [1.82, 2.24) is 0 Å². The van der Waals surface area contributed by atoms with Gasteiger partial charge < -0.3 is 5.11 Å². The molecule has 1 aliphatic rings. The Hall–Kier alpha value is -0.340. The van der Waals surface area contributed by atoms with Gasteiger partial charge in [0.15, 0.2) is 0 Å². The van der Waals surface area contributed by atoms with Crippen LogP contribution in [0.3, 0.4) is 0 Å². The Morgan fingerprint density at radius 1 is 1.41 bits per heavy atom. The second-order valence-electron chi connectivity index (χ2n) is 5.48. The first-order valence-corrected chi connectivity index (χ1v) is 7.88. The first-order chi connectivity index (χ1) is 8.18. The van der Waals surface area contributed by atoms with Crippen LogP contribution >= 0.6 is 11.3 Å². The van der Waals surface area contributed by atoms with Gasteiger partial charge in [-0.3, -0.25) is 0 Å². The van der Waals surface area contributed by atoms with E-state index in [2.05, 4.69) is 30.7 Å². The fourth-order valence-electron chi connectivity index (χ4n) is 3.32. The van der Waals surface area contributed by atoms with Gasteiger partial charge in [0.1, 0.15) is 0 Å². The molecule has 1 aromatic heterocycles. The molecule has 2 atom stereocenters. The highest BCUT2D eigenvalue weighted by Gasteiger charge is 2.38. The molecular weight excluding hydrogens is 228 g/mol. The third-order valence-corrected chi connectivity index (χ3v) is 5.35. The summed E-state index contributed by atoms with van der Waals surface area (Å²) in [5, 5.41) is 15.2. The minimum atomic E-state index is -0.609. The van der Waals surface area contributed by atoms with E-state index in [0.717, 1.165) is 12.0 Å². The Bertz CT molecular complexity index is 327. The molecule has 0 aliphatic heterocycles. The van der Waals surface area contributed by atoms with Gasteiger partial charge in [0.25, 0.3) is 0 Å². The summed E-state index contributed by atoms with van der Waals surface area (Å²) in [5.41, 5.74) is 0.519. The molecule has 1 nitrogen and oxygen atoms in total. The molecule has 17 heavy (non-hydrogen) atoms. The van der Waals surface area contributed by atoms with E-state index in [-0.39, 0.29) is 0 Å². The molecule has 1 aliphatic carbocycles. The van der Waals surface area contributed by atoms with Gasteiger partial charge in [-0.2, -0.15) is 11.3 Å². The first kappa shape index (κ1) is 13.1. The summed E-state index contributed by atoms with van der Waals surface area (Å²) in [5.74, 6) is 1.08. The van der Waals surface area contributed by atoms with E-state index in [0.29, 0.717) is 11.8 Å². The zero-order valence-electron chi connectivity index (χ0n) is 11.0. The van der Waals surface area contributed by atoms with Crippen molar-refractivity contribution in [1.29, 1.82) is 0 Å². The SMILES string of the molecule is CCC(O)(c1ccsc1)C(C)C1CCCCC1. The Morgan fingerprint density at radius 3 is 2.65 bits per heavy atom. The van der Waals surface area contributed by atoms with E-state index in [9.17, 15) is 5.11 Å². The maximum Gasteiger partial charge on any atom is 0.0929 e. The molecule has 2 heteroatoms. The second kappa shape index (κ2) is 5.53. The first-order valence-electron chi connectivity index (χ1n) is 6.93. The van der Waals surface area contributed by atoms with E-state index >= 15 is 0 Å². The van der Waals surface area contributed by atoms with Crippen LogP contribution in [0.25, 0.3) is 0 Å².